The lowest BCUT2D eigenvalue weighted by Crippen LogP contribution is -2.18. The van der Waals surface area contributed by atoms with Crippen LogP contribution in [-0.4, -0.2) is 11.6 Å². The zero-order valence-electron chi connectivity index (χ0n) is 15.3. The van der Waals surface area contributed by atoms with Gasteiger partial charge in [0.05, 0.1) is 10.7 Å². The first-order valence-electron chi connectivity index (χ1n) is 8.40. The molecule has 0 saturated heterocycles. The average Bonchev–Trinajstić information content (AvgIpc) is 2.96. The number of nitrogens with zero attached hydrogens (tertiary/aromatic N) is 1. The van der Waals surface area contributed by atoms with E-state index >= 15 is 0 Å². The molecule has 3 aromatic rings. The summed E-state index contributed by atoms with van der Waals surface area (Å²) in [6.07, 6.45) is 0. The number of fused-ring (bicyclic) bond motifs is 1. The normalized spacial score (nSPS) is 12.4. The van der Waals surface area contributed by atoms with Gasteiger partial charge < -0.3 is 0 Å². The molecule has 1 aromatic heterocycles. The van der Waals surface area contributed by atoms with Gasteiger partial charge in [0.15, 0.2) is 0 Å². The Morgan fingerprint density at radius 3 is 2.35 bits per heavy atom. The quantitative estimate of drug-likeness (QED) is 0.436. The second-order valence-corrected chi connectivity index (χ2v) is 8.64. The van der Waals surface area contributed by atoms with Gasteiger partial charge in [0, 0.05) is 10.1 Å². The van der Waals surface area contributed by atoms with Crippen LogP contribution < -0.4 is 5.43 Å². The van der Waals surface area contributed by atoms with Crippen LogP contribution in [0.3, 0.4) is 0 Å². The van der Waals surface area contributed by atoms with Crippen LogP contribution >= 0.6 is 22.9 Å². The molecule has 26 heavy (non-hydrogen) atoms. The van der Waals surface area contributed by atoms with Gasteiger partial charge in [-0.15, -0.1) is 11.3 Å². The summed E-state index contributed by atoms with van der Waals surface area (Å²) in [5, 5.41) is 5.61. The number of hydrazone groups is 1. The lowest BCUT2D eigenvalue weighted by molar-refractivity contribution is 0.0959. The van der Waals surface area contributed by atoms with Crippen LogP contribution in [0, 0.1) is 0 Å². The van der Waals surface area contributed by atoms with Crippen molar-refractivity contribution in [2.24, 2.45) is 5.10 Å². The van der Waals surface area contributed by atoms with Crippen LogP contribution in [0.1, 0.15) is 48.5 Å². The number of amides is 1. The minimum absolute atomic E-state index is 0.107. The molecule has 0 radical (unpaired) electrons. The standard InChI is InChI=1S/C21H21ClN2OS/c1-13(14-9-11-15(12-10-14)21(2,3)4)23-24-20(25)19-18(22)16-7-5-6-8-17(16)26-19/h5-12H,1-4H3,(H,24,25)/b23-13+. The van der Waals surface area contributed by atoms with Gasteiger partial charge in [-0.1, -0.05) is 74.8 Å². The molecule has 3 nitrogen and oxygen atoms in total. The molecule has 0 unspecified atom stereocenters. The molecule has 1 amide bonds. The van der Waals surface area contributed by atoms with Crippen LogP contribution in [0.5, 0.6) is 0 Å². The van der Waals surface area contributed by atoms with E-state index in [1.54, 1.807) is 0 Å². The zero-order chi connectivity index (χ0) is 18.9. The van der Waals surface area contributed by atoms with Gasteiger partial charge in [0.25, 0.3) is 5.91 Å². The van der Waals surface area contributed by atoms with E-state index in [9.17, 15) is 4.79 Å². The Kier molecular flexibility index (Phi) is 5.17. The Hall–Kier alpha value is -2.17. The van der Waals surface area contributed by atoms with Gasteiger partial charge in [-0.2, -0.15) is 5.10 Å². The van der Waals surface area contributed by atoms with Gasteiger partial charge in [-0.25, -0.2) is 5.43 Å². The first-order chi connectivity index (χ1) is 12.3. The van der Waals surface area contributed by atoms with Crippen molar-refractivity contribution in [3.05, 3.63) is 69.6 Å². The lowest BCUT2D eigenvalue weighted by atomic mass is 9.86. The molecule has 1 heterocycles. The Morgan fingerprint density at radius 2 is 1.73 bits per heavy atom. The average molecular weight is 385 g/mol. The smallest absolute Gasteiger partial charge is 0.266 e. The van der Waals surface area contributed by atoms with E-state index in [1.165, 1.54) is 16.9 Å². The highest BCUT2D eigenvalue weighted by Crippen LogP contribution is 2.35. The molecule has 2 aromatic carbocycles. The molecule has 0 aliphatic rings. The Bertz CT molecular complexity index is 981. The summed E-state index contributed by atoms with van der Waals surface area (Å²) >= 11 is 7.72. The molecule has 0 bridgehead atoms. The van der Waals surface area contributed by atoms with Crippen molar-refractivity contribution in [1.29, 1.82) is 0 Å². The van der Waals surface area contributed by atoms with Gasteiger partial charge in [-0.3, -0.25) is 4.79 Å². The summed E-state index contributed by atoms with van der Waals surface area (Å²) in [5.74, 6) is -0.290. The van der Waals surface area contributed by atoms with E-state index in [0.29, 0.717) is 9.90 Å². The molecule has 0 aliphatic carbocycles. The fraction of sp³-hybridized carbons (Fsp3) is 0.238. The maximum atomic E-state index is 12.5. The monoisotopic (exact) mass is 384 g/mol. The SMILES string of the molecule is C/C(=N\NC(=O)c1sc2ccccc2c1Cl)c1ccc(C(C)(C)C)cc1. The molecule has 0 saturated carbocycles. The number of carbonyl (C=O) groups is 1. The third-order valence-electron chi connectivity index (χ3n) is 4.23. The largest absolute Gasteiger partial charge is 0.283 e. The minimum Gasteiger partial charge on any atom is -0.266 e. The number of carbonyl (C=O) groups excluding carboxylic acids is 1. The number of hydrogen-bond acceptors (Lipinski definition) is 3. The zero-order valence-corrected chi connectivity index (χ0v) is 16.8. The van der Waals surface area contributed by atoms with Crippen LogP contribution in [0.2, 0.25) is 5.02 Å². The highest BCUT2D eigenvalue weighted by atomic mass is 35.5. The van der Waals surface area contributed by atoms with Crippen LogP contribution in [-0.2, 0) is 5.41 Å². The molecule has 0 atom stereocenters. The molecule has 5 heteroatoms. The van der Waals surface area contributed by atoms with Crippen molar-refractivity contribution in [2.45, 2.75) is 33.1 Å². The predicted molar refractivity (Wildman–Crippen MR) is 112 cm³/mol. The number of halogens is 1. The number of nitrogens with one attached hydrogen (secondary N) is 1. The first kappa shape index (κ1) is 18.6. The summed E-state index contributed by atoms with van der Waals surface area (Å²) in [5.41, 5.74) is 5.70. The summed E-state index contributed by atoms with van der Waals surface area (Å²) in [4.78, 5) is 12.9. The van der Waals surface area contributed by atoms with E-state index in [-0.39, 0.29) is 11.3 Å². The Morgan fingerprint density at radius 1 is 1.08 bits per heavy atom. The number of hydrogen-bond donors (Lipinski definition) is 1. The van der Waals surface area contributed by atoms with Crippen molar-refractivity contribution < 1.29 is 4.79 Å². The van der Waals surface area contributed by atoms with Gasteiger partial charge in [0.2, 0.25) is 0 Å². The third-order valence-corrected chi connectivity index (χ3v) is 5.91. The second-order valence-electron chi connectivity index (χ2n) is 7.21. The van der Waals surface area contributed by atoms with E-state index < -0.39 is 0 Å². The third kappa shape index (κ3) is 3.81. The Labute approximate surface area is 162 Å². The van der Waals surface area contributed by atoms with Crippen molar-refractivity contribution >= 4 is 44.6 Å². The molecule has 3 rings (SSSR count). The van der Waals surface area contributed by atoms with Gasteiger partial charge in [0.1, 0.15) is 4.88 Å². The second kappa shape index (κ2) is 7.22. The highest BCUT2D eigenvalue weighted by Gasteiger charge is 2.17. The fourth-order valence-corrected chi connectivity index (χ4v) is 4.03. The van der Waals surface area contributed by atoms with Gasteiger partial charge >= 0.3 is 0 Å². The van der Waals surface area contributed by atoms with Crippen LogP contribution in [0.4, 0.5) is 0 Å². The minimum atomic E-state index is -0.290. The number of benzene rings is 2. The molecule has 0 fully saturated rings. The first-order valence-corrected chi connectivity index (χ1v) is 9.59. The van der Waals surface area contributed by atoms with Gasteiger partial charge in [-0.05, 0) is 29.5 Å². The summed E-state index contributed by atoms with van der Waals surface area (Å²) in [6, 6.07) is 15.9. The highest BCUT2D eigenvalue weighted by molar-refractivity contribution is 7.21. The molecule has 0 aliphatic heterocycles. The van der Waals surface area contributed by atoms with E-state index in [1.807, 2.05) is 43.3 Å². The van der Waals surface area contributed by atoms with Crippen LogP contribution in [0.15, 0.2) is 53.6 Å². The topological polar surface area (TPSA) is 41.5 Å². The molecule has 1 N–H and O–H groups in total. The summed E-state index contributed by atoms with van der Waals surface area (Å²) in [7, 11) is 0. The molecular formula is C21H21ClN2OS. The number of thiophene rings is 1. The maximum Gasteiger partial charge on any atom is 0.283 e. The fourth-order valence-electron chi connectivity index (χ4n) is 2.62. The van der Waals surface area contributed by atoms with E-state index in [4.69, 9.17) is 11.6 Å². The Balaban J connectivity index is 1.77. The van der Waals surface area contributed by atoms with E-state index in [0.717, 1.165) is 21.4 Å². The van der Waals surface area contributed by atoms with E-state index in [2.05, 4.69) is 43.4 Å². The van der Waals surface area contributed by atoms with Crippen molar-refractivity contribution in [3.63, 3.8) is 0 Å². The van der Waals surface area contributed by atoms with Crippen molar-refractivity contribution in [3.8, 4) is 0 Å². The maximum absolute atomic E-state index is 12.5. The summed E-state index contributed by atoms with van der Waals surface area (Å²) in [6.45, 7) is 8.41. The molecule has 0 spiro atoms. The number of rotatable bonds is 3. The lowest BCUT2D eigenvalue weighted by Gasteiger charge is -2.19. The summed E-state index contributed by atoms with van der Waals surface area (Å²) < 4.78 is 0.987. The predicted octanol–water partition coefficient (Wildman–Crippen LogP) is 6.01. The van der Waals surface area contributed by atoms with Crippen molar-refractivity contribution in [1.82, 2.24) is 5.43 Å². The molecule has 134 valence electrons. The molecular weight excluding hydrogens is 364 g/mol. The van der Waals surface area contributed by atoms with Crippen LogP contribution in [0.25, 0.3) is 10.1 Å². The van der Waals surface area contributed by atoms with Crippen molar-refractivity contribution in [2.75, 3.05) is 0 Å².